The lowest BCUT2D eigenvalue weighted by atomic mass is 9.68. The van der Waals surface area contributed by atoms with Crippen LogP contribution in [0.2, 0.25) is 0 Å². The number of hydrogen-bond acceptors (Lipinski definition) is 3. The molecule has 0 bridgehead atoms. The highest BCUT2D eigenvalue weighted by molar-refractivity contribution is 7.26. The molecule has 11 aromatic carbocycles. The third-order valence-corrected chi connectivity index (χ3v) is 15.8. The van der Waals surface area contributed by atoms with Crippen LogP contribution in [0.4, 0.5) is 17.1 Å². The van der Waals surface area contributed by atoms with Crippen LogP contribution < -0.4 is 4.90 Å². The lowest BCUT2D eigenvalue weighted by Gasteiger charge is -2.34. The molecular weight excluding hydrogens is 867 g/mol. The van der Waals surface area contributed by atoms with Gasteiger partial charge in [-0.05, 0) is 110 Å². The second-order valence-corrected chi connectivity index (χ2v) is 19.4. The van der Waals surface area contributed by atoms with Crippen molar-refractivity contribution in [3.8, 4) is 44.5 Å². The summed E-state index contributed by atoms with van der Waals surface area (Å²) in [7, 11) is 0. The Morgan fingerprint density at radius 1 is 0.329 bits per heavy atom. The van der Waals surface area contributed by atoms with Crippen molar-refractivity contribution >= 4 is 70.5 Å². The van der Waals surface area contributed by atoms with Crippen LogP contribution in [0.5, 0.6) is 0 Å². The molecule has 14 rings (SSSR count). The molecule has 13 aromatic rings. The molecule has 0 atom stereocenters. The molecule has 2 aromatic heterocycles. The SMILES string of the molecule is c1ccc(C2(c3ccccc3)c3ccccc3-c3cc(N(c4ccc(-c5ccc(-c6cccc7c6oc6ccccc67)cc5)cc4)c4cccc(-c5cccc6c5sc5ccccc56)c4)ccc32)cc1. The Bertz CT molecular complexity index is 4070. The fourth-order valence-corrected chi connectivity index (χ4v) is 12.7. The number of hydrogen-bond donors (Lipinski definition) is 0. The van der Waals surface area contributed by atoms with E-state index in [1.807, 2.05) is 23.5 Å². The maximum Gasteiger partial charge on any atom is 0.143 e. The van der Waals surface area contributed by atoms with Gasteiger partial charge in [0.25, 0.3) is 0 Å². The van der Waals surface area contributed by atoms with Gasteiger partial charge < -0.3 is 9.32 Å². The summed E-state index contributed by atoms with van der Waals surface area (Å²) >= 11 is 1.87. The number of fused-ring (bicyclic) bond motifs is 9. The topological polar surface area (TPSA) is 16.4 Å². The van der Waals surface area contributed by atoms with E-state index in [2.05, 4.69) is 254 Å². The zero-order valence-corrected chi connectivity index (χ0v) is 38.9. The molecule has 0 amide bonds. The maximum atomic E-state index is 6.41. The third-order valence-electron chi connectivity index (χ3n) is 14.6. The molecule has 1 aliphatic rings. The first-order valence-corrected chi connectivity index (χ1v) is 24.8. The standard InChI is InChI=1S/C67H43NOS/c1-3-17-48(18-4-1)67(49-19-5-2-6-20-49)61-29-10-7-22-55(61)60-43-52(40-41-62(60)67)68(51-21-13-16-47(42-51)54-26-15-28-59-57-24-9-12-31-64(57)70-66(54)59)50-38-36-45(37-39-50)44-32-34-46(35-33-44)53-25-14-27-58-56-23-8-11-30-63(56)69-65(53)58/h1-43H. The molecule has 0 N–H and O–H groups in total. The fraction of sp³-hybridized carbons (Fsp3) is 0.0149. The van der Waals surface area contributed by atoms with E-state index in [1.54, 1.807) is 0 Å². The minimum absolute atomic E-state index is 0.476. The largest absolute Gasteiger partial charge is 0.455 e. The van der Waals surface area contributed by atoms with Crippen LogP contribution in [0.3, 0.4) is 0 Å². The molecule has 70 heavy (non-hydrogen) atoms. The first-order chi connectivity index (χ1) is 34.7. The van der Waals surface area contributed by atoms with E-state index >= 15 is 0 Å². The van der Waals surface area contributed by atoms with Crippen molar-refractivity contribution in [2.24, 2.45) is 0 Å². The first-order valence-electron chi connectivity index (χ1n) is 24.0. The average molecular weight is 910 g/mol. The van der Waals surface area contributed by atoms with Gasteiger partial charge in [0.1, 0.15) is 11.2 Å². The first kappa shape index (κ1) is 40.3. The Kier molecular flexibility index (Phi) is 9.33. The van der Waals surface area contributed by atoms with Crippen LogP contribution in [0, 0.1) is 0 Å². The minimum atomic E-state index is -0.476. The summed E-state index contributed by atoms with van der Waals surface area (Å²) in [5.41, 5.74) is 19.2. The van der Waals surface area contributed by atoms with Crippen molar-refractivity contribution < 1.29 is 4.42 Å². The number of thiophene rings is 1. The van der Waals surface area contributed by atoms with Gasteiger partial charge in [-0.15, -0.1) is 11.3 Å². The van der Waals surface area contributed by atoms with E-state index < -0.39 is 5.41 Å². The number of rotatable bonds is 8. The van der Waals surface area contributed by atoms with E-state index in [9.17, 15) is 0 Å². The van der Waals surface area contributed by atoms with Gasteiger partial charge in [-0.3, -0.25) is 0 Å². The van der Waals surface area contributed by atoms with Gasteiger partial charge in [-0.25, -0.2) is 0 Å². The van der Waals surface area contributed by atoms with Gasteiger partial charge in [0.05, 0.1) is 5.41 Å². The third kappa shape index (κ3) is 6.25. The Morgan fingerprint density at radius 2 is 0.886 bits per heavy atom. The van der Waals surface area contributed by atoms with Crippen LogP contribution in [0.25, 0.3) is 86.6 Å². The van der Waals surface area contributed by atoms with Crippen LogP contribution >= 0.6 is 11.3 Å². The van der Waals surface area contributed by atoms with Gasteiger partial charge in [-0.1, -0.05) is 212 Å². The van der Waals surface area contributed by atoms with Crippen molar-refractivity contribution in [1.29, 1.82) is 0 Å². The number of furan rings is 1. The van der Waals surface area contributed by atoms with Gasteiger partial charge >= 0.3 is 0 Å². The molecular formula is C67H43NOS. The molecule has 0 spiro atoms. The van der Waals surface area contributed by atoms with E-state index in [0.29, 0.717) is 0 Å². The zero-order valence-electron chi connectivity index (χ0n) is 38.1. The number of benzene rings is 11. The molecule has 0 saturated heterocycles. The van der Waals surface area contributed by atoms with Crippen molar-refractivity contribution in [2.45, 2.75) is 5.41 Å². The van der Waals surface area contributed by atoms with Gasteiger partial charge in [0, 0.05) is 53.6 Å². The quantitative estimate of drug-likeness (QED) is 0.151. The molecule has 2 heterocycles. The van der Waals surface area contributed by atoms with Crippen LogP contribution in [0.15, 0.2) is 265 Å². The van der Waals surface area contributed by atoms with Crippen molar-refractivity contribution in [1.82, 2.24) is 0 Å². The van der Waals surface area contributed by atoms with Crippen LogP contribution in [-0.2, 0) is 5.41 Å². The molecule has 3 heteroatoms. The zero-order chi connectivity index (χ0) is 46.2. The summed E-state index contributed by atoms with van der Waals surface area (Å²) in [4.78, 5) is 2.43. The Hall–Kier alpha value is -8.76. The molecule has 2 nitrogen and oxygen atoms in total. The van der Waals surface area contributed by atoms with E-state index in [-0.39, 0.29) is 0 Å². The molecule has 1 aliphatic carbocycles. The van der Waals surface area contributed by atoms with Gasteiger partial charge in [-0.2, -0.15) is 0 Å². The number of para-hydroxylation sites is 2. The Balaban J connectivity index is 0.905. The molecule has 328 valence electrons. The van der Waals surface area contributed by atoms with Crippen molar-refractivity contribution in [3.05, 3.63) is 283 Å². The molecule has 0 saturated carbocycles. The summed E-state index contributed by atoms with van der Waals surface area (Å²) in [5.74, 6) is 0. The highest BCUT2D eigenvalue weighted by Crippen LogP contribution is 2.57. The van der Waals surface area contributed by atoms with E-state index in [0.717, 1.165) is 61.3 Å². The Labute approximate surface area is 410 Å². The fourth-order valence-electron chi connectivity index (χ4n) is 11.4. The highest BCUT2D eigenvalue weighted by atomic mass is 32.1. The van der Waals surface area contributed by atoms with E-state index in [4.69, 9.17) is 4.42 Å². The lowest BCUT2D eigenvalue weighted by molar-refractivity contribution is 0.670. The molecule has 0 aliphatic heterocycles. The van der Waals surface area contributed by atoms with Gasteiger partial charge in [0.15, 0.2) is 0 Å². The predicted molar refractivity (Wildman–Crippen MR) is 295 cm³/mol. The monoisotopic (exact) mass is 909 g/mol. The summed E-state index contributed by atoms with van der Waals surface area (Å²) in [6.45, 7) is 0. The molecule has 0 unspecified atom stereocenters. The lowest BCUT2D eigenvalue weighted by Crippen LogP contribution is -2.28. The van der Waals surface area contributed by atoms with Crippen LogP contribution in [0.1, 0.15) is 22.3 Å². The Morgan fingerprint density at radius 3 is 1.67 bits per heavy atom. The van der Waals surface area contributed by atoms with Crippen molar-refractivity contribution in [3.63, 3.8) is 0 Å². The summed E-state index contributed by atoms with van der Waals surface area (Å²) in [5, 5.41) is 4.89. The molecule has 0 fully saturated rings. The minimum Gasteiger partial charge on any atom is -0.455 e. The number of anilines is 3. The van der Waals surface area contributed by atoms with Crippen LogP contribution in [-0.4, -0.2) is 0 Å². The smallest absolute Gasteiger partial charge is 0.143 e. The summed E-state index contributed by atoms with van der Waals surface area (Å²) < 4.78 is 9.03. The second kappa shape index (κ2) is 16.2. The summed E-state index contributed by atoms with van der Waals surface area (Å²) in [6, 6.07) is 95.5. The van der Waals surface area contributed by atoms with E-state index in [1.165, 1.54) is 64.7 Å². The second-order valence-electron chi connectivity index (χ2n) is 18.3. The predicted octanol–water partition coefficient (Wildman–Crippen LogP) is 18.8. The maximum absolute atomic E-state index is 6.41. The number of nitrogens with zero attached hydrogens (tertiary/aromatic N) is 1. The van der Waals surface area contributed by atoms with Crippen molar-refractivity contribution in [2.75, 3.05) is 4.90 Å². The summed E-state index contributed by atoms with van der Waals surface area (Å²) in [6.07, 6.45) is 0. The highest BCUT2D eigenvalue weighted by Gasteiger charge is 2.46. The average Bonchev–Trinajstić information content (AvgIpc) is 4.11. The molecule has 0 radical (unpaired) electrons. The normalized spacial score (nSPS) is 12.7. The van der Waals surface area contributed by atoms with Gasteiger partial charge in [0.2, 0.25) is 0 Å².